The van der Waals surface area contributed by atoms with Gasteiger partial charge in [-0.15, -0.1) is 0 Å². The summed E-state index contributed by atoms with van der Waals surface area (Å²) in [6, 6.07) is 4.70. The fourth-order valence-corrected chi connectivity index (χ4v) is 1.01. The van der Waals surface area contributed by atoms with Gasteiger partial charge in [0.05, 0.1) is 0 Å². The molecule has 0 bridgehead atoms. The summed E-state index contributed by atoms with van der Waals surface area (Å²) in [5.74, 6) is -0.183. The third kappa shape index (κ3) is 2.27. The number of allylic oxidation sites excluding steroid dienone is 1. The summed E-state index contributed by atoms with van der Waals surface area (Å²) in [7, 11) is 0. The monoisotopic (exact) mass is 228 g/mol. The number of aromatic hydroxyl groups is 2. The third-order valence-electron chi connectivity index (χ3n) is 1.40. The van der Waals surface area contributed by atoms with E-state index in [9.17, 15) is 0 Å². The highest BCUT2D eigenvalue weighted by Gasteiger charge is 1.96. The Bertz CT molecular complexity index is 295. The van der Waals surface area contributed by atoms with E-state index < -0.39 is 0 Å². The van der Waals surface area contributed by atoms with Gasteiger partial charge >= 0.3 is 0 Å². The van der Waals surface area contributed by atoms with E-state index >= 15 is 0 Å². The smallest absolute Gasteiger partial charge is 0.157 e. The molecule has 0 fully saturated rings. The van der Waals surface area contributed by atoms with E-state index in [1.807, 2.05) is 12.2 Å². The van der Waals surface area contributed by atoms with Crippen molar-refractivity contribution in [3.8, 4) is 11.5 Å². The van der Waals surface area contributed by atoms with Crippen molar-refractivity contribution >= 4 is 22.0 Å². The topological polar surface area (TPSA) is 40.5 Å². The van der Waals surface area contributed by atoms with E-state index in [0.717, 1.165) is 10.9 Å². The molecule has 2 nitrogen and oxygen atoms in total. The molecule has 0 atom stereocenters. The third-order valence-corrected chi connectivity index (χ3v) is 1.77. The minimum Gasteiger partial charge on any atom is -0.504 e. The summed E-state index contributed by atoms with van der Waals surface area (Å²) in [4.78, 5) is 0. The first kappa shape index (κ1) is 9.13. The largest absolute Gasteiger partial charge is 0.504 e. The SMILES string of the molecule is Oc1ccc(C=CCBr)cc1O. The maximum absolute atomic E-state index is 9.10. The summed E-state index contributed by atoms with van der Waals surface area (Å²) >= 11 is 3.24. The number of phenols is 2. The Labute approximate surface area is 79.3 Å². The van der Waals surface area contributed by atoms with Crippen LogP contribution in [0.5, 0.6) is 11.5 Å². The van der Waals surface area contributed by atoms with Gasteiger partial charge in [0, 0.05) is 5.33 Å². The van der Waals surface area contributed by atoms with Gasteiger partial charge < -0.3 is 10.2 Å². The molecule has 0 aliphatic rings. The van der Waals surface area contributed by atoms with E-state index in [2.05, 4.69) is 15.9 Å². The summed E-state index contributed by atoms with van der Waals surface area (Å²) < 4.78 is 0. The molecule has 1 aromatic carbocycles. The number of alkyl halides is 1. The number of phenolic OH excluding ortho intramolecular Hbond substituents is 2. The Balaban J connectivity index is 2.89. The zero-order valence-electron chi connectivity index (χ0n) is 6.37. The predicted molar refractivity (Wildman–Crippen MR) is 52.6 cm³/mol. The minimum absolute atomic E-state index is 0.0910. The molecule has 3 heteroatoms. The number of rotatable bonds is 2. The van der Waals surface area contributed by atoms with Crippen molar-refractivity contribution in [2.24, 2.45) is 0 Å². The van der Waals surface area contributed by atoms with Gasteiger partial charge in [0.15, 0.2) is 11.5 Å². The van der Waals surface area contributed by atoms with Crippen molar-refractivity contribution in [2.45, 2.75) is 0 Å². The van der Waals surface area contributed by atoms with Gasteiger partial charge in [0.25, 0.3) is 0 Å². The normalized spacial score (nSPS) is 10.8. The molecule has 1 rings (SSSR count). The van der Waals surface area contributed by atoms with Gasteiger partial charge in [-0.05, 0) is 17.7 Å². The van der Waals surface area contributed by atoms with Crippen LogP contribution in [0.3, 0.4) is 0 Å². The van der Waals surface area contributed by atoms with Crippen LogP contribution in [-0.4, -0.2) is 15.5 Å². The Morgan fingerprint density at radius 3 is 2.58 bits per heavy atom. The van der Waals surface area contributed by atoms with E-state index in [1.54, 1.807) is 6.07 Å². The number of halogens is 1. The van der Waals surface area contributed by atoms with Crippen LogP contribution >= 0.6 is 15.9 Å². The second-order valence-electron chi connectivity index (χ2n) is 2.30. The quantitative estimate of drug-likeness (QED) is 0.604. The van der Waals surface area contributed by atoms with Crippen LogP contribution < -0.4 is 0 Å². The van der Waals surface area contributed by atoms with Crippen LogP contribution in [0.2, 0.25) is 0 Å². The summed E-state index contributed by atoms with van der Waals surface area (Å²) in [5.41, 5.74) is 0.866. The molecule has 64 valence electrons. The van der Waals surface area contributed by atoms with E-state index in [-0.39, 0.29) is 11.5 Å². The standard InChI is InChI=1S/C9H9BrO2/c10-5-1-2-7-3-4-8(11)9(12)6-7/h1-4,6,11-12H,5H2. The van der Waals surface area contributed by atoms with Crippen LogP contribution in [-0.2, 0) is 0 Å². The number of hydrogen-bond donors (Lipinski definition) is 2. The van der Waals surface area contributed by atoms with Crippen molar-refractivity contribution in [2.75, 3.05) is 5.33 Å². The fraction of sp³-hybridized carbons (Fsp3) is 0.111. The van der Waals surface area contributed by atoms with Crippen molar-refractivity contribution in [3.05, 3.63) is 29.8 Å². The molecule has 0 aliphatic heterocycles. The molecule has 0 spiro atoms. The molecule has 0 unspecified atom stereocenters. The highest BCUT2D eigenvalue weighted by Crippen LogP contribution is 2.25. The van der Waals surface area contributed by atoms with Crippen molar-refractivity contribution in [1.29, 1.82) is 0 Å². The number of benzene rings is 1. The minimum atomic E-state index is -0.0917. The van der Waals surface area contributed by atoms with Crippen LogP contribution in [0.4, 0.5) is 0 Å². The predicted octanol–water partition coefficient (Wildman–Crippen LogP) is 2.51. The Morgan fingerprint density at radius 1 is 1.25 bits per heavy atom. The van der Waals surface area contributed by atoms with Crippen LogP contribution in [0, 0.1) is 0 Å². The lowest BCUT2D eigenvalue weighted by molar-refractivity contribution is 0.403. The van der Waals surface area contributed by atoms with Gasteiger partial charge in [-0.3, -0.25) is 0 Å². The van der Waals surface area contributed by atoms with Gasteiger partial charge in [-0.2, -0.15) is 0 Å². The average Bonchev–Trinajstić information content (AvgIpc) is 2.07. The molecule has 1 aromatic rings. The first-order valence-corrected chi connectivity index (χ1v) is 4.60. The molecule has 0 heterocycles. The zero-order chi connectivity index (χ0) is 8.97. The summed E-state index contributed by atoms with van der Waals surface area (Å²) in [5, 5.41) is 18.9. The first-order valence-electron chi connectivity index (χ1n) is 3.48. The molecule has 0 aliphatic carbocycles. The molecule has 0 amide bonds. The molecule has 0 radical (unpaired) electrons. The molecular weight excluding hydrogens is 220 g/mol. The molecule has 0 saturated heterocycles. The lowest BCUT2D eigenvalue weighted by Gasteiger charge is -1.97. The van der Waals surface area contributed by atoms with Crippen LogP contribution in [0.1, 0.15) is 5.56 Å². The lowest BCUT2D eigenvalue weighted by Crippen LogP contribution is -1.73. The highest BCUT2D eigenvalue weighted by atomic mass is 79.9. The van der Waals surface area contributed by atoms with Crippen molar-refractivity contribution < 1.29 is 10.2 Å². The van der Waals surface area contributed by atoms with Crippen molar-refractivity contribution in [3.63, 3.8) is 0 Å². The highest BCUT2D eigenvalue weighted by molar-refractivity contribution is 9.09. The second kappa shape index (κ2) is 4.16. The Morgan fingerprint density at radius 2 is 2.00 bits per heavy atom. The molecule has 12 heavy (non-hydrogen) atoms. The van der Waals surface area contributed by atoms with Crippen LogP contribution in [0.25, 0.3) is 6.08 Å². The van der Waals surface area contributed by atoms with Crippen LogP contribution in [0.15, 0.2) is 24.3 Å². The maximum Gasteiger partial charge on any atom is 0.157 e. The first-order chi connectivity index (χ1) is 5.74. The summed E-state index contributed by atoms with van der Waals surface area (Å²) in [6.07, 6.45) is 3.76. The Kier molecular flexibility index (Phi) is 3.17. The van der Waals surface area contributed by atoms with Gasteiger partial charge in [0.2, 0.25) is 0 Å². The maximum atomic E-state index is 9.10. The second-order valence-corrected chi connectivity index (χ2v) is 2.95. The molecule has 0 saturated carbocycles. The molecular formula is C9H9BrO2. The fourth-order valence-electron chi connectivity index (χ4n) is 0.825. The summed E-state index contributed by atoms with van der Waals surface area (Å²) in [6.45, 7) is 0. The van der Waals surface area contributed by atoms with Crippen molar-refractivity contribution in [1.82, 2.24) is 0 Å². The van der Waals surface area contributed by atoms with E-state index in [4.69, 9.17) is 10.2 Å². The molecule has 2 N–H and O–H groups in total. The van der Waals surface area contributed by atoms with E-state index in [0.29, 0.717) is 0 Å². The zero-order valence-corrected chi connectivity index (χ0v) is 7.95. The Hall–Kier alpha value is -0.960. The average molecular weight is 229 g/mol. The lowest BCUT2D eigenvalue weighted by atomic mass is 10.2. The van der Waals surface area contributed by atoms with Gasteiger partial charge in [-0.1, -0.05) is 34.1 Å². The van der Waals surface area contributed by atoms with Gasteiger partial charge in [0.1, 0.15) is 0 Å². The van der Waals surface area contributed by atoms with E-state index in [1.165, 1.54) is 12.1 Å². The van der Waals surface area contributed by atoms with Gasteiger partial charge in [-0.25, -0.2) is 0 Å². The molecule has 0 aromatic heterocycles. The number of hydrogen-bond acceptors (Lipinski definition) is 2.